The highest BCUT2D eigenvalue weighted by molar-refractivity contribution is 5.92. The minimum absolute atomic E-state index is 0.0212. The van der Waals surface area contributed by atoms with E-state index in [1.807, 2.05) is 24.3 Å². The highest BCUT2D eigenvalue weighted by atomic mass is 16.6. The maximum absolute atomic E-state index is 12.1. The molecule has 146 valence electrons. The van der Waals surface area contributed by atoms with Gasteiger partial charge in [0.2, 0.25) is 0 Å². The van der Waals surface area contributed by atoms with Crippen LogP contribution in [0.3, 0.4) is 0 Å². The van der Waals surface area contributed by atoms with Crippen LogP contribution in [-0.2, 0) is 4.79 Å². The van der Waals surface area contributed by atoms with E-state index in [1.165, 1.54) is 31.4 Å². The number of ether oxygens (including phenoxy) is 1. The number of amides is 1. The summed E-state index contributed by atoms with van der Waals surface area (Å²) in [5.41, 5.74) is 1.59. The topological polar surface area (TPSA) is 102 Å². The van der Waals surface area contributed by atoms with Crippen LogP contribution in [0.4, 0.5) is 17.1 Å². The third kappa shape index (κ3) is 4.85. The summed E-state index contributed by atoms with van der Waals surface area (Å²) in [7, 11) is 0. The van der Waals surface area contributed by atoms with Crippen molar-refractivity contribution in [1.29, 1.82) is 0 Å². The van der Waals surface area contributed by atoms with Gasteiger partial charge in [-0.1, -0.05) is 0 Å². The van der Waals surface area contributed by atoms with E-state index in [4.69, 9.17) is 4.74 Å². The second-order valence-corrected chi connectivity index (χ2v) is 6.53. The Morgan fingerprint density at radius 3 is 2.50 bits per heavy atom. The van der Waals surface area contributed by atoms with E-state index < -0.39 is 4.92 Å². The number of anilines is 2. The van der Waals surface area contributed by atoms with E-state index in [0.29, 0.717) is 12.0 Å². The van der Waals surface area contributed by atoms with Gasteiger partial charge in [-0.25, -0.2) is 0 Å². The van der Waals surface area contributed by atoms with Gasteiger partial charge in [-0.2, -0.15) is 0 Å². The fraction of sp³-hybridized carbons (Fsp3) is 0.300. The number of benzene rings is 2. The maximum Gasteiger partial charge on any atom is 0.270 e. The quantitative estimate of drug-likeness (QED) is 0.447. The molecule has 0 spiro atoms. The van der Waals surface area contributed by atoms with Crippen LogP contribution in [0.1, 0.15) is 29.6 Å². The Bertz CT molecular complexity index is 861. The standard InChI is InChI=1S/C20H21N3O5/c24-13-15-12-18(23(26)27)8-9-19(15)28-14-20(25)21-16-4-6-17(7-5-16)22-10-2-1-3-11-22/h4-9,12-13H,1-3,10-11,14H2,(H,21,25). The highest BCUT2D eigenvalue weighted by Gasteiger charge is 2.13. The predicted octanol–water partition coefficient (Wildman–Crippen LogP) is 3.42. The van der Waals surface area contributed by atoms with Gasteiger partial charge in [0.25, 0.3) is 11.6 Å². The van der Waals surface area contributed by atoms with Gasteiger partial charge in [-0.3, -0.25) is 19.7 Å². The SMILES string of the molecule is O=Cc1cc([N+](=O)[O-])ccc1OCC(=O)Nc1ccc(N2CCCCC2)cc1. The van der Waals surface area contributed by atoms with Crippen molar-refractivity contribution in [3.05, 3.63) is 58.1 Å². The van der Waals surface area contributed by atoms with Crippen molar-refractivity contribution >= 4 is 29.3 Å². The first kappa shape index (κ1) is 19.3. The Morgan fingerprint density at radius 1 is 1.14 bits per heavy atom. The van der Waals surface area contributed by atoms with Crippen LogP contribution in [0, 0.1) is 10.1 Å². The second kappa shape index (κ2) is 8.98. The summed E-state index contributed by atoms with van der Waals surface area (Å²) in [5.74, 6) is -0.267. The second-order valence-electron chi connectivity index (χ2n) is 6.53. The zero-order valence-electron chi connectivity index (χ0n) is 15.3. The third-order valence-electron chi connectivity index (χ3n) is 4.56. The number of rotatable bonds is 7. The molecule has 0 radical (unpaired) electrons. The lowest BCUT2D eigenvalue weighted by Gasteiger charge is -2.28. The maximum atomic E-state index is 12.1. The lowest BCUT2D eigenvalue weighted by Crippen LogP contribution is -2.29. The summed E-state index contributed by atoms with van der Waals surface area (Å²) in [6, 6.07) is 11.3. The Morgan fingerprint density at radius 2 is 1.86 bits per heavy atom. The number of carbonyl (C=O) groups is 2. The molecular formula is C20H21N3O5. The van der Waals surface area contributed by atoms with Crippen molar-refractivity contribution in [2.24, 2.45) is 0 Å². The summed E-state index contributed by atoms with van der Waals surface area (Å²) in [5, 5.41) is 13.5. The minimum atomic E-state index is -0.600. The van der Waals surface area contributed by atoms with Gasteiger partial charge in [-0.15, -0.1) is 0 Å². The van der Waals surface area contributed by atoms with Gasteiger partial charge in [0.1, 0.15) is 5.75 Å². The monoisotopic (exact) mass is 383 g/mol. The first-order valence-electron chi connectivity index (χ1n) is 9.08. The van der Waals surface area contributed by atoms with Crippen LogP contribution in [-0.4, -0.2) is 36.8 Å². The number of nitrogens with zero attached hydrogens (tertiary/aromatic N) is 2. The number of nitro groups is 1. The fourth-order valence-corrected chi connectivity index (χ4v) is 3.12. The first-order valence-corrected chi connectivity index (χ1v) is 9.08. The summed E-state index contributed by atoms with van der Waals surface area (Å²) >= 11 is 0. The van der Waals surface area contributed by atoms with E-state index in [9.17, 15) is 19.7 Å². The molecule has 8 heteroatoms. The molecule has 1 heterocycles. The lowest BCUT2D eigenvalue weighted by molar-refractivity contribution is -0.384. The Labute approximate surface area is 162 Å². The van der Waals surface area contributed by atoms with Crippen LogP contribution < -0.4 is 15.0 Å². The summed E-state index contributed by atoms with van der Waals surface area (Å²) in [6.07, 6.45) is 4.12. The van der Waals surface area contributed by atoms with Crippen molar-refractivity contribution in [3.8, 4) is 5.75 Å². The minimum Gasteiger partial charge on any atom is -0.483 e. The molecule has 1 saturated heterocycles. The highest BCUT2D eigenvalue weighted by Crippen LogP contribution is 2.23. The first-order chi connectivity index (χ1) is 13.6. The van der Waals surface area contributed by atoms with Crippen molar-refractivity contribution in [2.45, 2.75) is 19.3 Å². The molecule has 1 aliphatic rings. The molecule has 1 N–H and O–H groups in total. The molecule has 1 fully saturated rings. The summed E-state index contributed by atoms with van der Waals surface area (Å²) in [4.78, 5) is 35.7. The average Bonchev–Trinajstić information content (AvgIpc) is 2.73. The van der Waals surface area contributed by atoms with E-state index >= 15 is 0 Å². The summed E-state index contributed by atoms with van der Waals surface area (Å²) < 4.78 is 5.34. The van der Waals surface area contributed by atoms with E-state index in [2.05, 4.69) is 10.2 Å². The smallest absolute Gasteiger partial charge is 0.270 e. The fourth-order valence-electron chi connectivity index (χ4n) is 3.12. The summed E-state index contributed by atoms with van der Waals surface area (Å²) in [6.45, 7) is 1.79. The van der Waals surface area contributed by atoms with Crippen molar-refractivity contribution in [1.82, 2.24) is 0 Å². The van der Waals surface area contributed by atoms with Crippen LogP contribution >= 0.6 is 0 Å². The molecule has 2 aromatic carbocycles. The van der Waals surface area contributed by atoms with Crippen molar-refractivity contribution < 1.29 is 19.2 Å². The largest absolute Gasteiger partial charge is 0.483 e. The normalized spacial score (nSPS) is 13.6. The average molecular weight is 383 g/mol. The van der Waals surface area contributed by atoms with E-state index in [-0.39, 0.29) is 29.5 Å². The zero-order chi connectivity index (χ0) is 19.9. The molecule has 1 aliphatic heterocycles. The molecule has 2 aromatic rings. The predicted molar refractivity (Wildman–Crippen MR) is 105 cm³/mol. The molecular weight excluding hydrogens is 362 g/mol. The number of hydrogen-bond donors (Lipinski definition) is 1. The van der Waals surface area contributed by atoms with E-state index in [1.54, 1.807) is 0 Å². The van der Waals surface area contributed by atoms with Gasteiger partial charge < -0.3 is 15.0 Å². The number of nitro benzene ring substituents is 1. The third-order valence-corrected chi connectivity index (χ3v) is 4.56. The molecule has 28 heavy (non-hydrogen) atoms. The van der Waals surface area contributed by atoms with Gasteiger partial charge in [-0.05, 0) is 49.6 Å². The molecule has 8 nitrogen and oxygen atoms in total. The number of non-ortho nitro benzene ring substituents is 1. The molecule has 0 aliphatic carbocycles. The van der Waals surface area contributed by atoms with Crippen LogP contribution in [0.25, 0.3) is 0 Å². The van der Waals surface area contributed by atoms with Gasteiger partial charge in [0, 0.05) is 36.6 Å². The number of aldehydes is 1. The van der Waals surface area contributed by atoms with Gasteiger partial charge >= 0.3 is 0 Å². The Balaban J connectivity index is 1.55. The Hall–Kier alpha value is -3.42. The number of carbonyl (C=O) groups excluding carboxylic acids is 2. The molecule has 1 amide bonds. The van der Waals surface area contributed by atoms with Crippen LogP contribution in [0.2, 0.25) is 0 Å². The van der Waals surface area contributed by atoms with Gasteiger partial charge in [0.15, 0.2) is 12.9 Å². The lowest BCUT2D eigenvalue weighted by atomic mass is 10.1. The molecule has 0 aromatic heterocycles. The Kier molecular flexibility index (Phi) is 6.21. The van der Waals surface area contributed by atoms with Crippen LogP contribution in [0.15, 0.2) is 42.5 Å². The number of hydrogen-bond acceptors (Lipinski definition) is 6. The van der Waals surface area contributed by atoms with Crippen molar-refractivity contribution in [2.75, 3.05) is 29.9 Å². The molecule has 0 saturated carbocycles. The molecule has 0 unspecified atom stereocenters. The van der Waals surface area contributed by atoms with Crippen molar-refractivity contribution in [3.63, 3.8) is 0 Å². The zero-order valence-corrected chi connectivity index (χ0v) is 15.3. The van der Waals surface area contributed by atoms with Gasteiger partial charge in [0.05, 0.1) is 10.5 Å². The van der Waals surface area contributed by atoms with Crippen LogP contribution in [0.5, 0.6) is 5.75 Å². The molecule has 3 rings (SSSR count). The number of piperidine rings is 1. The number of nitrogens with one attached hydrogen (secondary N) is 1. The molecule has 0 bridgehead atoms. The van der Waals surface area contributed by atoms with E-state index in [0.717, 1.165) is 24.8 Å². The molecule has 0 atom stereocenters.